The highest BCUT2D eigenvalue weighted by Gasteiger charge is 2.49. The van der Waals surface area contributed by atoms with Gasteiger partial charge in [0, 0.05) is 19.0 Å². The van der Waals surface area contributed by atoms with E-state index in [2.05, 4.69) is 0 Å². The molecule has 0 unspecified atom stereocenters. The van der Waals surface area contributed by atoms with E-state index in [-0.39, 0.29) is 24.8 Å². The van der Waals surface area contributed by atoms with E-state index in [1.54, 1.807) is 0 Å². The van der Waals surface area contributed by atoms with Crippen molar-refractivity contribution in [3.63, 3.8) is 0 Å². The van der Waals surface area contributed by atoms with Crippen LogP contribution in [0, 0.1) is 11.8 Å². The quantitative estimate of drug-likeness (QED) is 0.658. The van der Waals surface area contributed by atoms with E-state index >= 15 is 0 Å². The number of sulfonamides is 1. The molecule has 4 nitrogen and oxygen atoms in total. The highest BCUT2D eigenvalue weighted by molar-refractivity contribution is 7.88. The number of aliphatic hydroxyl groups excluding tert-OH is 1. The van der Waals surface area contributed by atoms with Gasteiger partial charge in [-0.3, -0.25) is 0 Å². The number of fused-ring (bicyclic) bond motifs is 1. The van der Waals surface area contributed by atoms with Gasteiger partial charge in [-0.05, 0) is 12.3 Å². The van der Waals surface area contributed by atoms with Crippen LogP contribution in [0.4, 0.5) is 4.39 Å². The van der Waals surface area contributed by atoms with Gasteiger partial charge < -0.3 is 5.11 Å². The Labute approximate surface area is 82.8 Å². The Morgan fingerprint density at radius 3 is 2.57 bits per heavy atom. The summed E-state index contributed by atoms with van der Waals surface area (Å²) in [7, 11) is -3.19. The molecule has 14 heavy (non-hydrogen) atoms. The Balaban J connectivity index is 2.12. The van der Waals surface area contributed by atoms with E-state index in [4.69, 9.17) is 0 Å². The minimum absolute atomic E-state index is 0.00488. The molecule has 0 bridgehead atoms. The van der Waals surface area contributed by atoms with Gasteiger partial charge in [0.15, 0.2) is 0 Å². The van der Waals surface area contributed by atoms with Crippen molar-refractivity contribution in [2.24, 2.45) is 11.8 Å². The molecule has 1 saturated carbocycles. The third-order valence-corrected chi connectivity index (χ3v) is 4.50. The van der Waals surface area contributed by atoms with Crippen LogP contribution in [-0.2, 0) is 10.0 Å². The molecule has 0 spiro atoms. The van der Waals surface area contributed by atoms with Crippen molar-refractivity contribution in [1.82, 2.24) is 4.31 Å². The summed E-state index contributed by atoms with van der Waals surface area (Å²) < 4.78 is 36.8. The van der Waals surface area contributed by atoms with Crippen LogP contribution >= 0.6 is 0 Å². The molecule has 1 heterocycles. The molecule has 0 amide bonds. The van der Waals surface area contributed by atoms with E-state index in [0.717, 1.165) is 6.26 Å². The predicted octanol–water partition coefficient (Wildman–Crippen LogP) is -0.403. The summed E-state index contributed by atoms with van der Waals surface area (Å²) in [6.07, 6.45) is -0.718. The molecular formula is C8H14FNO3S. The summed E-state index contributed by atoms with van der Waals surface area (Å²) in [5.41, 5.74) is 0. The molecule has 82 valence electrons. The second kappa shape index (κ2) is 3.15. The first-order chi connectivity index (χ1) is 6.39. The van der Waals surface area contributed by atoms with Gasteiger partial charge in [0.1, 0.15) is 6.17 Å². The molecule has 0 aromatic heterocycles. The minimum Gasteiger partial charge on any atom is -0.390 e. The Morgan fingerprint density at radius 1 is 1.43 bits per heavy atom. The molecule has 2 fully saturated rings. The lowest BCUT2D eigenvalue weighted by atomic mass is 10.00. The number of hydrogen-bond acceptors (Lipinski definition) is 3. The molecule has 0 aromatic rings. The second-order valence-corrected chi connectivity index (χ2v) is 6.23. The fourth-order valence-corrected chi connectivity index (χ4v) is 3.36. The Morgan fingerprint density at radius 2 is 2.07 bits per heavy atom. The van der Waals surface area contributed by atoms with E-state index in [9.17, 15) is 17.9 Å². The van der Waals surface area contributed by atoms with Gasteiger partial charge in [-0.25, -0.2) is 17.1 Å². The van der Waals surface area contributed by atoms with Crippen molar-refractivity contribution in [2.45, 2.75) is 18.7 Å². The van der Waals surface area contributed by atoms with Crippen LogP contribution in [0.3, 0.4) is 0 Å². The lowest BCUT2D eigenvalue weighted by Crippen LogP contribution is -2.32. The van der Waals surface area contributed by atoms with Crippen LogP contribution in [0.25, 0.3) is 0 Å². The van der Waals surface area contributed by atoms with Crippen molar-refractivity contribution in [1.29, 1.82) is 0 Å². The Bertz CT molecular complexity index is 331. The van der Waals surface area contributed by atoms with E-state index in [1.807, 2.05) is 0 Å². The lowest BCUT2D eigenvalue weighted by Gasteiger charge is -2.16. The summed E-state index contributed by atoms with van der Waals surface area (Å²) in [5.74, 6) is -0.213. The van der Waals surface area contributed by atoms with Crippen LogP contribution in [0.15, 0.2) is 0 Å². The van der Waals surface area contributed by atoms with E-state index in [1.165, 1.54) is 4.31 Å². The van der Waals surface area contributed by atoms with Gasteiger partial charge in [0.05, 0.1) is 12.4 Å². The van der Waals surface area contributed by atoms with Crippen molar-refractivity contribution in [3.05, 3.63) is 0 Å². The fourth-order valence-electron chi connectivity index (χ4n) is 2.46. The summed E-state index contributed by atoms with van der Waals surface area (Å²) >= 11 is 0. The second-order valence-electron chi connectivity index (χ2n) is 4.25. The highest BCUT2D eigenvalue weighted by Crippen LogP contribution is 2.40. The summed E-state index contributed by atoms with van der Waals surface area (Å²) in [4.78, 5) is 0. The van der Waals surface area contributed by atoms with Gasteiger partial charge in [-0.15, -0.1) is 0 Å². The molecular weight excluding hydrogens is 209 g/mol. The van der Waals surface area contributed by atoms with Gasteiger partial charge in [-0.2, -0.15) is 0 Å². The maximum absolute atomic E-state index is 13.0. The van der Waals surface area contributed by atoms with Crippen molar-refractivity contribution >= 4 is 10.0 Å². The highest BCUT2D eigenvalue weighted by atomic mass is 32.2. The molecule has 1 N–H and O–H groups in total. The van der Waals surface area contributed by atoms with Crippen LogP contribution in [0.1, 0.15) is 6.42 Å². The third-order valence-electron chi connectivity index (χ3n) is 3.26. The standard InChI is InChI=1S/C8H14FNO3S/c1-14(12,13)10-3-5-2-7(9)8(11)6(5)4-10/h5-8,11H,2-4H2,1H3/t5-,6+,7+,8+/m1/s1. The topological polar surface area (TPSA) is 57.6 Å². The largest absolute Gasteiger partial charge is 0.390 e. The van der Waals surface area contributed by atoms with Gasteiger partial charge in [-0.1, -0.05) is 0 Å². The minimum atomic E-state index is -3.19. The maximum atomic E-state index is 13.0. The fraction of sp³-hybridized carbons (Fsp3) is 1.00. The normalized spacial score (nSPS) is 44.2. The van der Waals surface area contributed by atoms with Gasteiger partial charge >= 0.3 is 0 Å². The molecule has 2 aliphatic rings. The van der Waals surface area contributed by atoms with Gasteiger partial charge in [0.2, 0.25) is 10.0 Å². The van der Waals surface area contributed by atoms with E-state index in [0.29, 0.717) is 6.54 Å². The van der Waals surface area contributed by atoms with Crippen LogP contribution in [0.5, 0.6) is 0 Å². The first kappa shape index (κ1) is 10.3. The summed E-state index contributed by atoms with van der Waals surface area (Å²) in [6.45, 7) is 0.631. The molecule has 1 aliphatic carbocycles. The molecule has 4 atom stereocenters. The average Bonchev–Trinajstić information content (AvgIpc) is 2.54. The number of aliphatic hydroxyl groups is 1. The first-order valence-corrected chi connectivity index (χ1v) is 6.51. The number of halogens is 1. The van der Waals surface area contributed by atoms with Crippen LogP contribution in [0.2, 0.25) is 0 Å². The summed E-state index contributed by atoms with van der Waals surface area (Å²) in [5, 5.41) is 9.45. The smallest absolute Gasteiger partial charge is 0.211 e. The molecule has 0 aromatic carbocycles. The molecule has 1 saturated heterocycles. The van der Waals surface area contributed by atoms with Crippen LogP contribution in [-0.4, -0.2) is 49.5 Å². The average molecular weight is 223 g/mol. The molecule has 0 radical (unpaired) electrons. The maximum Gasteiger partial charge on any atom is 0.211 e. The van der Waals surface area contributed by atoms with E-state index < -0.39 is 22.3 Å². The predicted molar refractivity (Wildman–Crippen MR) is 48.9 cm³/mol. The third kappa shape index (κ3) is 1.55. The van der Waals surface area contributed by atoms with Crippen molar-refractivity contribution < 1.29 is 17.9 Å². The SMILES string of the molecule is CS(=O)(=O)N1C[C@H]2C[C@H](F)[C@@H](O)[C@H]2C1. The zero-order valence-corrected chi connectivity index (χ0v) is 8.74. The Hall–Kier alpha value is -0.200. The van der Waals surface area contributed by atoms with Gasteiger partial charge in [0.25, 0.3) is 0 Å². The zero-order chi connectivity index (χ0) is 10.5. The molecule has 1 aliphatic heterocycles. The monoisotopic (exact) mass is 223 g/mol. The first-order valence-electron chi connectivity index (χ1n) is 4.67. The molecule has 6 heteroatoms. The zero-order valence-electron chi connectivity index (χ0n) is 7.93. The van der Waals surface area contributed by atoms with Crippen molar-refractivity contribution in [3.8, 4) is 0 Å². The molecule has 2 rings (SSSR count). The van der Waals surface area contributed by atoms with Crippen molar-refractivity contribution in [2.75, 3.05) is 19.3 Å². The number of rotatable bonds is 1. The Kier molecular flexibility index (Phi) is 2.32. The number of alkyl halides is 1. The number of nitrogens with zero attached hydrogens (tertiary/aromatic N) is 1. The summed E-state index contributed by atoms with van der Waals surface area (Å²) in [6, 6.07) is 0. The lowest BCUT2D eigenvalue weighted by molar-refractivity contribution is 0.0680. The van der Waals surface area contributed by atoms with Crippen LogP contribution < -0.4 is 0 Å². The number of hydrogen-bond donors (Lipinski definition) is 1.